The van der Waals surface area contributed by atoms with E-state index in [1.54, 1.807) is 13.8 Å². The average Bonchev–Trinajstić information content (AvgIpc) is 1.94. The Morgan fingerprint density at radius 1 is 0.846 bits per heavy atom. The normalized spacial score (nSPS) is 42.0. The van der Waals surface area contributed by atoms with Gasteiger partial charge >= 0.3 is 6.18 Å². The second kappa shape index (κ2) is 3.46. The molecule has 13 heavy (non-hydrogen) atoms. The van der Waals surface area contributed by atoms with E-state index in [1.165, 1.54) is 6.92 Å². The summed E-state index contributed by atoms with van der Waals surface area (Å²) in [5, 5.41) is 0. The second-order valence-corrected chi connectivity index (χ2v) is 3.35. The van der Waals surface area contributed by atoms with Crippen LogP contribution in [0.4, 0.5) is 13.2 Å². The Morgan fingerprint density at radius 2 is 1.31 bits per heavy atom. The molecular weight excluding hydrogens is 185 g/mol. The molecule has 1 aliphatic rings. The van der Waals surface area contributed by atoms with E-state index in [9.17, 15) is 13.2 Å². The summed E-state index contributed by atoms with van der Waals surface area (Å²) in [6.45, 7) is 4.66. The predicted octanol–water partition coefficient (Wildman–Crippen LogP) is 2.13. The molecule has 0 aromatic rings. The van der Waals surface area contributed by atoms with Crippen molar-refractivity contribution in [1.29, 1.82) is 0 Å². The van der Waals surface area contributed by atoms with E-state index in [1.807, 2.05) is 0 Å². The molecule has 1 fully saturated rings. The van der Waals surface area contributed by atoms with Gasteiger partial charge in [-0.1, -0.05) is 0 Å². The molecule has 1 rings (SSSR count). The molecule has 0 amide bonds. The number of ether oxygens (including phenoxy) is 2. The molecule has 0 N–H and O–H groups in total. The average molecular weight is 198 g/mol. The van der Waals surface area contributed by atoms with Gasteiger partial charge in [-0.3, -0.25) is 0 Å². The van der Waals surface area contributed by atoms with Crippen molar-refractivity contribution in [2.24, 2.45) is 0 Å². The Bertz CT molecular complexity index is 181. The van der Waals surface area contributed by atoms with Gasteiger partial charge in [0.15, 0.2) is 6.10 Å². The summed E-state index contributed by atoms with van der Waals surface area (Å²) >= 11 is 0. The van der Waals surface area contributed by atoms with Gasteiger partial charge in [-0.25, -0.2) is 0 Å². The fourth-order valence-electron chi connectivity index (χ4n) is 1.32. The first-order chi connectivity index (χ1) is 5.82. The van der Waals surface area contributed by atoms with Crippen LogP contribution in [0.5, 0.6) is 0 Å². The summed E-state index contributed by atoms with van der Waals surface area (Å²) in [6, 6.07) is 0. The maximum absolute atomic E-state index is 12.3. The number of rotatable bonds is 0. The zero-order chi connectivity index (χ0) is 10.2. The minimum Gasteiger partial charge on any atom is -0.370 e. The minimum absolute atomic E-state index is 0.284. The zero-order valence-corrected chi connectivity index (χ0v) is 7.76. The number of alkyl halides is 3. The van der Waals surface area contributed by atoms with Crippen LogP contribution in [0.3, 0.4) is 0 Å². The third-order valence-electron chi connectivity index (χ3n) is 2.20. The number of hydrogen-bond donors (Lipinski definition) is 0. The Balaban J connectivity index is 2.67. The Labute approximate surface area is 75.0 Å². The maximum atomic E-state index is 12.3. The van der Waals surface area contributed by atoms with Gasteiger partial charge in [0.1, 0.15) is 0 Å². The lowest BCUT2D eigenvalue weighted by molar-refractivity contribution is -0.304. The first-order valence-electron chi connectivity index (χ1n) is 4.20. The van der Waals surface area contributed by atoms with Crippen LogP contribution in [0.1, 0.15) is 20.8 Å². The number of hydrogen-bond acceptors (Lipinski definition) is 2. The van der Waals surface area contributed by atoms with Crippen molar-refractivity contribution in [2.75, 3.05) is 0 Å². The van der Waals surface area contributed by atoms with Gasteiger partial charge in [-0.15, -0.1) is 0 Å². The fourth-order valence-corrected chi connectivity index (χ4v) is 1.32. The highest BCUT2D eigenvalue weighted by Gasteiger charge is 2.49. The van der Waals surface area contributed by atoms with Gasteiger partial charge < -0.3 is 9.47 Å². The van der Waals surface area contributed by atoms with Crippen LogP contribution in [-0.4, -0.2) is 30.6 Å². The van der Waals surface area contributed by atoms with E-state index >= 15 is 0 Å². The van der Waals surface area contributed by atoms with Gasteiger partial charge in [0.2, 0.25) is 0 Å². The Hall–Kier alpha value is -0.290. The maximum Gasteiger partial charge on any atom is 0.417 e. The first-order valence-corrected chi connectivity index (χ1v) is 4.20. The Kier molecular flexibility index (Phi) is 2.87. The molecule has 0 spiro atoms. The van der Waals surface area contributed by atoms with Gasteiger partial charge in [-0.05, 0) is 20.8 Å². The summed E-state index contributed by atoms with van der Waals surface area (Å²) in [4.78, 5) is 0. The molecular formula is C8H13F3O2. The van der Waals surface area contributed by atoms with Crippen LogP contribution in [-0.2, 0) is 9.47 Å². The lowest BCUT2D eigenvalue weighted by Crippen LogP contribution is -2.52. The molecule has 0 aromatic carbocycles. The van der Waals surface area contributed by atoms with E-state index in [0.717, 1.165) is 0 Å². The molecule has 1 saturated heterocycles. The van der Waals surface area contributed by atoms with Gasteiger partial charge in [-0.2, -0.15) is 13.2 Å². The zero-order valence-electron chi connectivity index (χ0n) is 7.76. The lowest BCUT2D eigenvalue weighted by atomic mass is 10.1. The molecule has 4 atom stereocenters. The van der Waals surface area contributed by atoms with Crippen molar-refractivity contribution in [1.82, 2.24) is 0 Å². The molecule has 78 valence electrons. The van der Waals surface area contributed by atoms with E-state index in [2.05, 4.69) is 0 Å². The largest absolute Gasteiger partial charge is 0.417 e. The molecule has 1 heterocycles. The van der Waals surface area contributed by atoms with Crippen LogP contribution >= 0.6 is 0 Å². The summed E-state index contributed by atoms with van der Waals surface area (Å²) in [6.07, 6.45) is -7.85. The predicted molar refractivity (Wildman–Crippen MR) is 40.4 cm³/mol. The molecule has 0 bridgehead atoms. The molecule has 1 aliphatic heterocycles. The van der Waals surface area contributed by atoms with Crippen LogP contribution in [0.2, 0.25) is 0 Å². The highest BCUT2D eigenvalue weighted by molar-refractivity contribution is 4.82. The molecule has 0 aromatic heterocycles. The SMILES string of the molecule is CC1OC(C)C(C(F)(F)F)OC1C. The summed E-state index contributed by atoms with van der Waals surface area (Å²) in [5.41, 5.74) is 0. The third kappa shape index (κ3) is 2.34. The van der Waals surface area contributed by atoms with Crippen LogP contribution < -0.4 is 0 Å². The summed E-state index contributed by atoms with van der Waals surface area (Å²) in [5.74, 6) is 0. The monoisotopic (exact) mass is 198 g/mol. The highest BCUT2D eigenvalue weighted by atomic mass is 19.4. The molecule has 5 heteroatoms. The van der Waals surface area contributed by atoms with E-state index in [-0.39, 0.29) is 6.10 Å². The standard InChI is InChI=1S/C8H13F3O2/c1-4-5(2)13-7(6(3)12-4)8(9,10)11/h4-7H,1-3H3. The van der Waals surface area contributed by atoms with E-state index < -0.39 is 24.5 Å². The van der Waals surface area contributed by atoms with Crippen LogP contribution in [0.15, 0.2) is 0 Å². The second-order valence-electron chi connectivity index (χ2n) is 3.35. The quantitative estimate of drug-likeness (QED) is 0.593. The summed E-state index contributed by atoms with van der Waals surface area (Å²) in [7, 11) is 0. The smallest absolute Gasteiger partial charge is 0.370 e. The topological polar surface area (TPSA) is 18.5 Å². The lowest BCUT2D eigenvalue weighted by Gasteiger charge is -2.38. The molecule has 0 saturated carbocycles. The van der Waals surface area contributed by atoms with E-state index in [4.69, 9.17) is 9.47 Å². The van der Waals surface area contributed by atoms with Crippen molar-refractivity contribution in [3.05, 3.63) is 0 Å². The van der Waals surface area contributed by atoms with Crippen molar-refractivity contribution < 1.29 is 22.6 Å². The number of halogens is 3. The van der Waals surface area contributed by atoms with Crippen molar-refractivity contribution in [3.8, 4) is 0 Å². The summed E-state index contributed by atoms with van der Waals surface area (Å²) < 4.78 is 46.8. The third-order valence-corrected chi connectivity index (χ3v) is 2.20. The van der Waals surface area contributed by atoms with Crippen LogP contribution in [0, 0.1) is 0 Å². The van der Waals surface area contributed by atoms with Crippen molar-refractivity contribution >= 4 is 0 Å². The van der Waals surface area contributed by atoms with Crippen molar-refractivity contribution in [3.63, 3.8) is 0 Å². The van der Waals surface area contributed by atoms with E-state index in [0.29, 0.717) is 0 Å². The molecule has 0 radical (unpaired) electrons. The van der Waals surface area contributed by atoms with Crippen LogP contribution in [0.25, 0.3) is 0 Å². The molecule has 0 aliphatic carbocycles. The highest BCUT2D eigenvalue weighted by Crippen LogP contribution is 2.32. The minimum atomic E-state index is -4.34. The van der Waals surface area contributed by atoms with Gasteiger partial charge in [0.05, 0.1) is 18.3 Å². The fraction of sp³-hybridized carbons (Fsp3) is 1.00. The molecule has 2 nitrogen and oxygen atoms in total. The van der Waals surface area contributed by atoms with Crippen molar-refractivity contribution in [2.45, 2.75) is 51.4 Å². The first kappa shape index (κ1) is 10.8. The van der Waals surface area contributed by atoms with Gasteiger partial charge in [0, 0.05) is 0 Å². The van der Waals surface area contributed by atoms with Gasteiger partial charge in [0.25, 0.3) is 0 Å². The Morgan fingerprint density at radius 3 is 1.77 bits per heavy atom. The molecule has 4 unspecified atom stereocenters.